The molecule has 0 aliphatic carbocycles. The molecule has 2 aliphatic rings. The lowest BCUT2D eigenvalue weighted by Crippen LogP contribution is -2.34. The molecule has 3 nitrogen and oxygen atoms in total. The summed E-state index contributed by atoms with van der Waals surface area (Å²) < 4.78 is 5.43. The van der Waals surface area contributed by atoms with E-state index in [-0.39, 0.29) is 17.9 Å². The number of halogens is 1. The zero-order valence-electron chi connectivity index (χ0n) is 9.12. The second-order valence-electron chi connectivity index (χ2n) is 4.67. The summed E-state index contributed by atoms with van der Waals surface area (Å²) in [6, 6.07) is 0. The molecule has 0 aromatic rings. The quantitative estimate of drug-likeness (QED) is 0.675. The molecule has 2 saturated heterocycles. The Morgan fingerprint density at radius 3 is 2.93 bits per heavy atom. The summed E-state index contributed by atoms with van der Waals surface area (Å²) in [6.45, 7) is 4.34. The molecule has 1 amide bonds. The number of nitrogens with zero attached hydrogens (tertiary/aromatic N) is 1. The number of carbonyl (C=O) groups excluding carboxylic acids is 1. The summed E-state index contributed by atoms with van der Waals surface area (Å²) in [5, 5.41) is 0. The largest absolute Gasteiger partial charge is 0.378 e. The average Bonchev–Trinajstić information content (AvgIpc) is 2.84. The third-order valence-corrected chi connectivity index (χ3v) is 3.80. The van der Waals surface area contributed by atoms with Crippen molar-refractivity contribution in [2.45, 2.75) is 25.9 Å². The molecule has 0 radical (unpaired) electrons. The fourth-order valence-electron chi connectivity index (χ4n) is 2.41. The van der Waals surface area contributed by atoms with Crippen LogP contribution in [0.1, 0.15) is 19.8 Å². The van der Waals surface area contributed by atoms with Gasteiger partial charge >= 0.3 is 0 Å². The van der Waals surface area contributed by atoms with Crippen LogP contribution in [0.2, 0.25) is 0 Å². The highest BCUT2D eigenvalue weighted by atomic mass is 35.5. The number of hydrogen-bond acceptors (Lipinski definition) is 2. The van der Waals surface area contributed by atoms with E-state index < -0.39 is 0 Å². The maximum absolute atomic E-state index is 12.1. The molecule has 2 rings (SSSR count). The first-order valence-corrected chi connectivity index (χ1v) is 6.20. The Kier molecular flexibility index (Phi) is 3.52. The van der Waals surface area contributed by atoms with Crippen molar-refractivity contribution in [2.24, 2.45) is 11.8 Å². The molecule has 0 spiro atoms. The van der Waals surface area contributed by atoms with E-state index in [1.54, 1.807) is 0 Å². The molecule has 2 heterocycles. The van der Waals surface area contributed by atoms with Crippen LogP contribution in [0.15, 0.2) is 0 Å². The van der Waals surface area contributed by atoms with E-state index in [2.05, 4.69) is 0 Å². The third kappa shape index (κ3) is 2.45. The van der Waals surface area contributed by atoms with Crippen LogP contribution in [-0.2, 0) is 9.53 Å². The van der Waals surface area contributed by atoms with Gasteiger partial charge in [-0.1, -0.05) is 0 Å². The first-order chi connectivity index (χ1) is 7.20. The van der Waals surface area contributed by atoms with Crippen molar-refractivity contribution in [3.8, 4) is 0 Å². The van der Waals surface area contributed by atoms with Crippen LogP contribution in [0.25, 0.3) is 0 Å². The van der Waals surface area contributed by atoms with E-state index in [0.29, 0.717) is 18.4 Å². The van der Waals surface area contributed by atoms with Crippen LogP contribution in [-0.4, -0.2) is 42.5 Å². The number of hydrogen-bond donors (Lipinski definition) is 0. The summed E-state index contributed by atoms with van der Waals surface area (Å²) in [5.41, 5.74) is 0. The fraction of sp³-hybridized carbons (Fsp3) is 0.909. The zero-order valence-corrected chi connectivity index (χ0v) is 9.87. The Morgan fingerprint density at radius 1 is 1.60 bits per heavy atom. The maximum atomic E-state index is 12.1. The number of carbonyl (C=O) groups is 1. The second-order valence-corrected chi connectivity index (χ2v) is 4.98. The lowest BCUT2D eigenvalue weighted by Gasteiger charge is -2.19. The highest BCUT2D eigenvalue weighted by molar-refractivity contribution is 6.18. The van der Waals surface area contributed by atoms with Crippen molar-refractivity contribution in [2.75, 3.05) is 25.6 Å². The van der Waals surface area contributed by atoms with Crippen LogP contribution in [0.4, 0.5) is 0 Å². The zero-order chi connectivity index (χ0) is 10.8. The van der Waals surface area contributed by atoms with Gasteiger partial charge in [0.1, 0.15) is 0 Å². The Morgan fingerprint density at radius 2 is 2.40 bits per heavy atom. The minimum absolute atomic E-state index is 0.0917. The Hall–Kier alpha value is -0.280. The standard InChI is InChI=1S/C11H18ClNO2/c1-8-4-10(7-15-8)11(14)13-3-2-9(5-12)6-13/h8-10H,2-7H2,1H3. The topological polar surface area (TPSA) is 29.5 Å². The van der Waals surface area contributed by atoms with Gasteiger partial charge in [0.25, 0.3) is 0 Å². The third-order valence-electron chi connectivity index (χ3n) is 3.36. The predicted molar refractivity (Wildman–Crippen MR) is 58.9 cm³/mol. The maximum Gasteiger partial charge on any atom is 0.228 e. The molecule has 4 heteroatoms. The van der Waals surface area contributed by atoms with Gasteiger partial charge in [0, 0.05) is 19.0 Å². The normalized spacial score (nSPS) is 36.1. The van der Waals surface area contributed by atoms with Gasteiger partial charge < -0.3 is 9.64 Å². The van der Waals surface area contributed by atoms with Gasteiger partial charge in [-0.05, 0) is 25.7 Å². The first kappa shape index (κ1) is 11.2. The highest BCUT2D eigenvalue weighted by Gasteiger charge is 2.34. The molecule has 15 heavy (non-hydrogen) atoms. The highest BCUT2D eigenvalue weighted by Crippen LogP contribution is 2.25. The van der Waals surface area contributed by atoms with E-state index in [0.717, 1.165) is 25.9 Å². The minimum Gasteiger partial charge on any atom is -0.378 e. The van der Waals surface area contributed by atoms with Gasteiger partial charge in [0.05, 0.1) is 18.6 Å². The lowest BCUT2D eigenvalue weighted by molar-refractivity contribution is -0.134. The van der Waals surface area contributed by atoms with Crippen molar-refractivity contribution in [3.63, 3.8) is 0 Å². The van der Waals surface area contributed by atoms with E-state index in [1.165, 1.54) is 0 Å². The summed E-state index contributed by atoms with van der Waals surface area (Å²) >= 11 is 5.80. The molecule has 3 unspecified atom stereocenters. The molecule has 2 fully saturated rings. The van der Waals surface area contributed by atoms with Crippen molar-refractivity contribution in [1.82, 2.24) is 4.90 Å². The van der Waals surface area contributed by atoms with Gasteiger partial charge in [-0.3, -0.25) is 4.79 Å². The van der Waals surface area contributed by atoms with Crippen LogP contribution in [0, 0.1) is 11.8 Å². The van der Waals surface area contributed by atoms with E-state index in [4.69, 9.17) is 16.3 Å². The SMILES string of the molecule is CC1CC(C(=O)N2CCC(CCl)C2)CO1. The van der Waals surface area contributed by atoms with Crippen molar-refractivity contribution in [3.05, 3.63) is 0 Å². The monoisotopic (exact) mass is 231 g/mol. The number of amides is 1. The van der Waals surface area contributed by atoms with Crippen molar-refractivity contribution < 1.29 is 9.53 Å². The molecule has 0 bridgehead atoms. The molecule has 3 atom stereocenters. The summed E-state index contributed by atoms with van der Waals surface area (Å²) in [7, 11) is 0. The van der Waals surface area contributed by atoms with E-state index in [1.807, 2.05) is 11.8 Å². The molecule has 0 saturated carbocycles. The van der Waals surface area contributed by atoms with Gasteiger partial charge in [-0.15, -0.1) is 11.6 Å². The second kappa shape index (κ2) is 4.71. The number of alkyl halides is 1. The molecule has 0 aromatic carbocycles. The van der Waals surface area contributed by atoms with E-state index in [9.17, 15) is 4.79 Å². The number of rotatable bonds is 2. The van der Waals surface area contributed by atoms with Gasteiger partial charge in [-0.2, -0.15) is 0 Å². The van der Waals surface area contributed by atoms with Gasteiger partial charge in [-0.25, -0.2) is 0 Å². The summed E-state index contributed by atoms with van der Waals surface area (Å²) in [4.78, 5) is 14.0. The van der Waals surface area contributed by atoms with Gasteiger partial charge in [0.15, 0.2) is 0 Å². The molecule has 2 aliphatic heterocycles. The Balaban J connectivity index is 1.86. The molecule has 0 aromatic heterocycles. The van der Waals surface area contributed by atoms with Crippen molar-refractivity contribution in [1.29, 1.82) is 0 Å². The number of ether oxygens (including phenoxy) is 1. The molecule has 0 N–H and O–H groups in total. The molecular weight excluding hydrogens is 214 g/mol. The fourth-order valence-corrected chi connectivity index (χ4v) is 2.66. The van der Waals surface area contributed by atoms with E-state index >= 15 is 0 Å². The minimum atomic E-state index is 0.0917. The average molecular weight is 232 g/mol. The van der Waals surface area contributed by atoms with Crippen LogP contribution in [0.3, 0.4) is 0 Å². The summed E-state index contributed by atoms with van der Waals surface area (Å²) in [6.07, 6.45) is 2.17. The van der Waals surface area contributed by atoms with Gasteiger partial charge in [0.2, 0.25) is 5.91 Å². The smallest absolute Gasteiger partial charge is 0.228 e. The Labute approximate surface area is 95.7 Å². The molecular formula is C11H18ClNO2. The van der Waals surface area contributed by atoms with Crippen LogP contribution >= 0.6 is 11.6 Å². The van der Waals surface area contributed by atoms with Crippen LogP contribution < -0.4 is 0 Å². The first-order valence-electron chi connectivity index (χ1n) is 5.67. The van der Waals surface area contributed by atoms with Crippen LogP contribution in [0.5, 0.6) is 0 Å². The number of likely N-dealkylation sites (tertiary alicyclic amines) is 1. The lowest BCUT2D eigenvalue weighted by atomic mass is 10.1. The Bertz CT molecular complexity index is 247. The van der Waals surface area contributed by atoms with Crippen molar-refractivity contribution >= 4 is 17.5 Å². The molecule has 86 valence electrons. The summed E-state index contributed by atoms with van der Waals surface area (Å²) in [5.74, 6) is 1.53. The predicted octanol–water partition coefficient (Wildman–Crippen LogP) is 1.50.